The molecule has 0 aromatic heterocycles. The normalized spacial score (nSPS) is 12.9. The van der Waals surface area contributed by atoms with Crippen LogP contribution in [-0.4, -0.2) is 63.6 Å². The molecule has 0 unspecified atom stereocenters. The second-order valence-corrected chi connectivity index (χ2v) is 35.6. The van der Waals surface area contributed by atoms with Crippen molar-refractivity contribution in [1.29, 1.82) is 0 Å². The van der Waals surface area contributed by atoms with Gasteiger partial charge in [0.25, 0.3) is 5.69 Å². The van der Waals surface area contributed by atoms with Crippen molar-refractivity contribution in [3.63, 3.8) is 0 Å². The Morgan fingerprint density at radius 3 is 0.968 bits per heavy atom. The van der Waals surface area contributed by atoms with Crippen LogP contribution in [-0.2, 0) is 27.0 Å². The van der Waals surface area contributed by atoms with E-state index in [9.17, 15) is 20.2 Å². The molecule has 13 nitrogen and oxygen atoms in total. The standard InChI is InChI=1S/2C21H27N2.C12H15NO3.C10H11NO3.C10H12O.4ClH.2Ru/c2*1-14-9-16(3)20(17(4)10-14)22-7-8-23(13-22)21-18(5)11-15(2)12-19(21)6;1-4-5-10-8-11(13(14)15)6-7-12(10)16-9(2)3;1-7(2)14-10-5-4-9(11(12)13)6-8(10)3;1-8(2)11-10-7-5-4-6-9(10)3;;;;;;/h2*9-13H,7-8H2,1-6H3;4-9H,1-3H3;3-7H,1-2H3;3-8H,1-2H3;4*1H;;/q2*-1;;;;;;;;2*+2/p-4. The number of hydrogen-bond donors (Lipinski definition) is 0. The topological polar surface area (TPSA) is 127 Å². The zero-order chi connectivity index (χ0) is 69.1. The fourth-order valence-corrected chi connectivity index (χ4v) is 15.3. The number of nitrogens with zero attached hydrogens (tertiary/aromatic N) is 6. The van der Waals surface area contributed by atoms with Gasteiger partial charge in [0.15, 0.2) is 0 Å². The zero-order valence-corrected chi connectivity index (χ0v) is 63.7. The number of hydrogen-bond acceptors (Lipinski definition) is 11. The average Bonchev–Trinajstić information content (AvgIpc) is 1.73. The van der Waals surface area contributed by atoms with Crippen molar-refractivity contribution < 1.29 is 51.1 Å². The van der Waals surface area contributed by atoms with E-state index in [-0.39, 0.29) is 29.7 Å². The Hall–Kier alpha value is -6.17. The van der Waals surface area contributed by atoms with Gasteiger partial charge in [0.05, 0.1) is 11.0 Å². The second kappa shape index (κ2) is 36.6. The molecule has 0 aliphatic carbocycles. The minimum Gasteiger partial charge on any atom is -0.502 e. The summed E-state index contributed by atoms with van der Waals surface area (Å²) in [6.07, 6.45) is 3.81. The van der Waals surface area contributed by atoms with E-state index < -0.39 is 36.9 Å². The number of aryl methyl sites for hydroxylation is 12. The summed E-state index contributed by atoms with van der Waals surface area (Å²) < 4.78 is 20.2. The first-order chi connectivity index (χ1) is 43.8. The zero-order valence-electron chi connectivity index (χ0n) is 57.2. The van der Waals surface area contributed by atoms with Gasteiger partial charge in [0.2, 0.25) is 0 Å². The van der Waals surface area contributed by atoms with Gasteiger partial charge in [-0.3, -0.25) is 10.1 Å². The van der Waals surface area contributed by atoms with Crippen LogP contribution in [0.5, 0.6) is 17.2 Å². The quantitative estimate of drug-likeness (QED) is 0.0421. The van der Waals surface area contributed by atoms with Crippen molar-refractivity contribution in [2.45, 2.75) is 150 Å². The number of rotatable bonds is 15. The molecular formula is C74H92Cl4N6O7Ru2-2. The predicted molar refractivity (Wildman–Crippen MR) is 389 cm³/mol. The van der Waals surface area contributed by atoms with Crippen LogP contribution in [0.15, 0.2) is 115 Å². The van der Waals surface area contributed by atoms with E-state index in [1.807, 2.05) is 83.4 Å². The van der Waals surface area contributed by atoms with E-state index in [0.717, 1.165) is 43.1 Å². The molecule has 2 heterocycles. The Labute approximate surface area is 579 Å². The molecule has 0 amide bonds. The van der Waals surface area contributed by atoms with Crippen LogP contribution in [0.1, 0.15) is 132 Å². The van der Waals surface area contributed by atoms with Crippen LogP contribution in [0.3, 0.4) is 0 Å². The molecule has 19 heteroatoms. The van der Waals surface area contributed by atoms with Gasteiger partial charge in [-0.05, 0) is 154 Å². The van der Waals surface area contributed by atoms with Crippen LogP contribution in [0.2, 0.25) is 0 Å². The third-order valence-electron chi connectivity index (χ3n) is 14.5. The molecule has 506 valence electrons. The molecule has 2 aliphatic heterocycles. The molecule has 93 heavy (non-hydrogen) atoms. The maximum atomic E-state index is 10.7. The maximum absolute atomic E-state index is 10.7. The van der Waals surface area contributed by atoms with E-state index in [1.54, 1.807) is 22.8 Å². The largest absolute Gasteiger partial charge is 0.502 e. The van der Waals surface area contributed by atoms with Gasteiger partial charge in [-0.1, -0.05) is 82.9 Å². The van der Waals surface area contributed by atoms with E-state index in [1.165, 1.54) is 114 Å². The van der Waals surface area contributed by atoms with Crippen molar-refractivity contribution in [3.8, 4) is 17.2 Å². The molecule has 0 bridgehead atoms. The molecule has 7 aromatic carbocycles. The summed E-state index contributed by atoms with van der Waals surface area (Å²) in [7, 11) is 23.2. The third-order valence-corrected chi connectivity index (χ3v) is 18.2. The van der Waals surface area contributed by atoms with Crippen LogP contribution >= 0.6 is 38.8 Å². The molecule has 2 fully saturated rings. The number of nitro benzene ring substituents is 2. The first kappa shape index (κ1) is 77.5. The van der Waals surface area contributed by atoms with E-state index in [4.69, 9.17) is 53.0 Å². The van der Waals surface area contributed by atoms with Crippen molar-refractivity contribution in [2.75, 3.05) is 45.8 Å². The average molecular weight is 1520 g/mol. The summed E-state index contributed by atoms with van der Waals surface area (Å²) in [6.45, 7) is 48.6. The fourth-order valence-electron chi connectivity index (χ4n) is 11.7. The van der Waals surface area contributed by atoms with E-state index in [2.05, 4.69) is 165 Å². The molecule has 0 atom stereocenters. The molecular weight excluding hydrogens is 1430 g/mol. The molecule has 7 aromatic rings. The molecule has 0 radical (unpaired) electrons. The maximum Gasteiger partial charge on any atom is 0.270 e. The summed E-state index contributed by atoms with van der Waals surface area (Å²) in [5, 5.41) is 21.3. The number of nitro groups is 2. The third kappa shape index (κ3) is 23.6. The Kier molecular flexibility index (Phi) is 30.5. The van der Waals surface area contributed by atoms with Crippen LogP contribution < -0.4 is 33.8 Å². The van der Waals surface area contributed by atoms with Crippen LogP contribution in [0, 0.1) is 117 Å². The van der Waals surface area contributed by atoms with Gasteiger partial charge in [-0.2, -0.15) is 13.3 Å². The van der Waals surface area contributed by atoms with Crippen LogP contribution in [0.25, 0.3) is 6.08 Å². The first-order valence-corrected chi connectivity index (χ1v) is 41.8. The van der Waals surface area contributed by atoms with Gasteiger partial charge in [-0.15, -0.1) is 0 Å². The molecule has 2 saturated heterocycles. The second-order valence-electron chi connectivity index (χ2n) is 24.1. The number of anilines is 4. The summed E-state index contributed by atoms with van der Waals surface area (Å²) in [4.78, 5) is 30.1. The van der Waals surface area contributed by atoms with Gasteiger partial charge in [0, 0.05) is 66.6 Å². The monoisotopic (exact) mass is 1520 g/mol. The van der Waals surface area contributed by atoms with Crippen molar-refractivity contribution in [1.82, 2.24) is 0 Å². The summed E-state index contributed by atoms with van der Waals surface area (Å²) in [5.41, 5.74) is 24.0. The predicted octanol–water partition coefficient (Wildman–Crippen LogP) is 20.4. The van der Waals surface area contributed by atoms with E-state index >= 15 is 0 Å². The molecule has 0 N–H and O–H groups in total. The molecule has 0 saturated carbocycles. The number of ether oxygens (including phenoxy) is 3. The Morgan fingerprint density at radius 2 is 0.688 bits per heavy atom. The van der Waals surface area contributed by atoms with Gasteiger partial charge in [-0.25, -0.2) is 0 Å². The van der Waals surface area contributed by atoms with Crippen LogP contribution in [0.4, 0.5) is 34.1 Å². The smallest absolute Gasteiger partial charge is 0.270 e. The minimum absolute atomic E-state index is 0.00360. The van der Waals surface area contributed by atoms with Gasteiger partial charge in [0.1, 0.15) is 5.75 Å². The van der Waals surface area contributed by atoms with Crippen molar-refractivity contribution >= 4 is 88.2 Å². The number of allylic oxidation sites excluding steroid dienone is 1. The Morgan fingerprint density at radius 1 is 0.419 bits per heavy atom. The fraction of sp³-hybridized carbons (Fsp3) is 0.351. The molecule has 2 aliphatic rings. The summed E-state index contributed by atoms with van der Waals surface area (Å²) >= 11 is -3.82. The summed E-state index contributed by atoms with van der Waals surface area (Å²) in [6, 6.07) is 35.0. The number of non-ortho nitro benzene ring substituents is 2. The summed E-state index contributed by atoms with van der Waals surface area (Å²) in [5.74, 6) is 2.08. The van der Waals surface area contributed by atoms with E-state index in [0.29, 0.717) is 17.1 Å². The number of halogens is 4. The van der Waals surface area contributed by atoms with Gasteiger partial charge >= 0.3 is 210 Å². The van der Waals surface area contributed by atoms with Gasteiger partial charge < -0.3 is 24.3 Å². The molecule has 9 rings (SSSR count). The number of para-hydroxylation sites is 1. The minimum atomic E-state index is -2.05. The van der Waals surface area contributed by atoms with Crippen molar-refractivity contribution in [2.24, 2.45) is 0 Å². The first-order valence-electron chi connectivity index (χ1n) is 30.8. The Bertz CT molecular complexity index is 3480. The molecule has 0 spiro atoms. The van der Waals surface area contributed by atoms with Crippen molar-refractivity contribution in [3.05, 3.63) is 232 Å². The Balaban J connectivity index is 0.000000214. The number of benzene rings is 7. The SMILES string of the molecule is CC(C)Oc1ccc([N+](=O)[O-])cc1[CH]=[Ru]([Cl])[Cl].CC(C)Oc1ccccc1[CH]=[Ru]([Cl])[Cl].CC=Cc1cc([N+](=O)[O-])ccc1OC(C)C.Cc1cc(C)c(N2[CH-]N(c3c(C)cc(C)cc3C)CC2)c(C)c1.Cc1cc(C)c(N2[CH-]N(c3c(C)cc(C)cc3C)CC2)c(C)c1.